The predicted octanol–water partition coefficient (Wildman–Crippen LogP) is -1.15. The summed E-state index contributed by atoms with van der Waals surface area (Å²) in [6.07, 6.45) is 4.78. The van der Waals surface area contributed by atoms with Crippen LogP contribution in [-0.4, -0.2) is 46.0 Å². The largest absolute Gasteiger partial charge is 4.00 e. The Bertz CT molecular complexity index is 502. The molecule has 2 aromatic heterocycles. The number of nitrogens with one attached hydrogen (secondary N) is 1. The summed E-state index contributed by atoms with van der Waals surface area (Å²) in [6, 6.07) is 8.71. The maximum atomic E-state index is 11.4. The van der Waals surface area contributed by atoms with Gasteiger partial charge in [-0.05, 0) is 24.3 Å². The van der Waals surface area contributed by atoms with Crippen LogP contribution in [0.25, 0.3) is 0 Å². The zero-order chi connectivity index (χ0) is 15.2. The zero-order valence-electron chi connectivity index (χ0n) is 12.7. The molecule has 2 heterocycles. The molecule has 0 aliphatic carbocycles. The van der Waals surface area contributed by atoms with Gasteiger partial charge in [-0.3, -0.25) is 4.98 Å². The van der Waals surface area contributed by atoms with Crippen molar-refractivity contribution in [1.82, 2.24) is 9.97 Å². The van der Waals surface area contributed by atoms with Crippen LogP contribution in [0.1, 0.15) is 25.2 Å². The first kappa shape index (κ1) is 25.6. The molecule has 0 aliphatic rings. The van der Waals surface area contributed by atoms with Crippen LogP contribution in [0.3, 0.4) is 0 Å². The van der Waals surface area contributed by atoms with Crippen LogP contribution >= 0.6 is 0 Å². The Balaban J connectivity index is -0.000000557. The molecule has 0 bridgehead atoms. The van der Waals surface area contributed by atoms with Crippen molar-refractivity contribution in [3.8, 4) is 0 Å². The number of H-pyrrole nitrogens is 1. The van der Waals surface area contributed by atoms with E-state index in [0.717, 1.165) is 5.69 Å². The van der Waals surface area contributed by atoms with E-state index in [2.05, 4.69) is 34.0 Å². The van der Waals surface area contributed by atoms with Crippen LogP contribution in [0.5, 0.6) is 0 Å². The van der Waals surface area contributed by atoms with Crippen molar-refractivity contribution in [1.29, 1.82) is 0 Å². The molecule has 0 saturated heterocycles. The van der Waals surface area contributed by atoms with Crippen LogP contribution in [-0.2, 0) is 0 Å². The molecule has 7 heteroatoms. The summed E-state index contributed by atoms with van der Waals surface area (Å²) >= 11 is 0. The Labute approximate surface area is 155 Å². The first-order valence-electron chi connectivity index (χ1n) is 6.10. The van der Waals surface area contributed by atoms with E-state index < -0.39 is 5.90 Å². The van der Waals surface area contributed by atoms with Crippen molar-refractivity contribution in [3.63, 3.8) is 0 Å². The molecule has 5 nitrogen and oxygen atoms in total. The minimum absolute atomic E-state index is 0. The topological polar surface area (TPSA) is 76.5 Å². The number of halogens is 1. The number of hydrogen-bond acceptors (Lipinski definition) is 4. The number of aromatic nitrogens is 2. The Morgan fingerprint density at radius 3 is 2.36 bits per heavy atom. The molecule has 0 radical (unpaired) electrons. The summed E-state index contributed by atoms with van der Waals surface area (Å²) in [5.41, 5.74) is 1.07. The van der Waals surface area contributed by atoms with Gasteiger partial charge in [0.15, 0.2) is 0 Å². The van der Waals surface area contributed by atoms with E-state index in [1.807, 2.05) is 12.1 Å². The first-order chi connectivity index (χ1) is 9.86. The Hall–Kier alpha value is -1.34. The summed E-state index contributed by atoms with van der Waals surface area (Å²) in [6.45, 7) is 10.0. The van der Waals surface area contributed by atoms with E-state index in [9.17, 15) is 5.11 Å². The molecule has 1 N–H and O–H groups in total. The van der Waals surface area contributed by atoms with E-state index in [-0.39, 0.29) is 42.0 Å². The molecule has 116 valence electrons. The zero-order valence-corrected chi connectivity index (χ0v) is 16.3. The minimum Gasteiger partial charge on any atom is -1.00 e. The fraction of sp³-hybridized carbons (Fsp3) is 0.133. The monoisotopic (exact) mass is 426 g/mol. The van der Waals surface area contributed by atoms with Crippen LogP contribution in [0.4, 0.5) is 0 Å². The van der Waals surface area contributed by atoms with Gasteiger partial charge in [0.05, 0.1) is 17.6 Å². The van der Waals surface area contributed by atoms with E-state index >= 15 is 0 Å². The second-order valence-electron chi connectivity index (χ2n) is 2.99. The third kappa shape index (κ3) is 10.4. The van der Waals surface area contributed by atoms with Crippen molar-refractivity contribution in [2.45, 2.75) is 13.8 Å². The van der Waals surface area contributed by atoms with Crippen molar-refractivity contribution in [2.24, 2.45) is 10.2 Å². The average Bonchev–Trinajstić information content (AvgIpc) is 3.05. The number of nitrogens with zero attached hydrogens (tertiary/aromatic N) is 3. The van der Waals surface area contributed by atoms with Gasteiger partial charge in [0.2, 0.25) is 0 Å². The van der Waals surface area contributed by atoms with Gasteiger partial charge in [-0.25, -0.2) is 0 Å². The van der Waals surface area contributed by atoms with Crippen molar-refractivity contribution in [2.75, 3.05) is 0 Å². The third-order valence-corrected chi connectivity index (χ3v) is 1.85. The molecular weight excluding hydrogens is 406 g/mol. The van der Waals surface area contributed by atoms with Crippen molar-refractivity contribution < 1.29 is 17.5 Å². The maximum absolute atomic E-state index is 11.4. The van der Waals surface area contributed by atoms with E-state index in [0.29, 0.717) is 0 Å². The molecule has 2 aromatic rings. The van der Waals surface area contributed by atoms with Gasteiger partial charge in [-0.1, -0.05) is 6.07 Å². The van der Waals surface area contributed by atoms with Crippen LogP contribution in [0.15, 0.2) is 52.9 Å². The summed E-state index contributed by atoms with van der Waals surface area (Å²) in [5.74, 6) is -0.455. The van der Waals surface area contributed by atoms with Gasteiger partial charge < -0.3 is 36.3 Å². The van der Waals surface area contributed by atoms with Gasteiger partial charge in [0.25, 0.3) is 0 Å². The second-order valence-corrected chi connectivity index (χ2v) is 2.99. The van der Waals surface area contributed by atoms with Gasteiger partial charge in [-0.2, -0.15) is 24.1 Å². The average molecular weight is 426 g/mol. The van der Waals surface area contributed by atoms with Crippen molar-refractivity contribution >= 4 is 36.0 Å². The fourth-order valence-corrected chi connectivity index (χ4v) is 1.11. The van der Waals surface area contributed by atoms with Gasteiger partial charge >= 0.3 is 23.9 Å². The fourth-order valence-electron chi connectivity index (χ4n) is 1.11. The van der Waals surface area contributed by atoms with Crippen LogP contribution in [0.2, 0.25) is 0 Å². The van der Waals surface area contributed by atoms with Gasteiger partial charge in [0, 0.05) is 18.3 Å². The molecule has 2 rings (SSSR count). The SMILES string of the molecule is [CH2-]C.[CH2-]C.[Cl-].[O-]/C(=N\N=C\c1ccc[nH]1)c1ccccn1.[Sn+4]. The first-order valence-corrected chi connectivity index (χ1v) is 6.10. The second kappa shape index (κ2) is 17.7. The quantitative estimate of drug-likeness (QED) is 0.222. The summed E-state index contributed by atoms with van der Waals surface area (Å²) in [4.78, 5) is 6.78. The normalized spacial score (nSPS) is 9.36. The Morgan fingerprint density at radius 2 is 1.86 bits per heavy atom. The Morgan fingerprint density at radius 1 is 1.18 bits per heavy atom. The van der Waals surface area contributed by atoms with E-state index in [1.165, 1.54) is 12.4 Å². The number of pyridine rings is 1. The maximum Gasteiger partial charge on any atom is 4.00 e. The number of aromatic amines is 1. The molecule has 0 atom stereocenters. The molecule has 0 saturated carbocycles. The summed E-state index contributed by atoms with van der Waals surface area (Å²) in [5, 5.41) is 18.6. The smallest absolute Gasteiger partial charge is 1.00 e. The third-order valence-electron chi connectivity index (χ3n) is 1.85. The number of hydrogen-bond donors (Lipinski definition) is 1. The van der Waals surface area contributed by atoms with Crippen molar-refractivity contribution in [3.05, 3.63) is 68.0 Å². The minimum atomic E-state index is -0.455. The number of rotatable bonds is 3. The van der Waals surface area contributed by atoms with Gasteiger partial charge in [-0.15, -0.1) is 0 Å². The molecule has 22 heavy (non-hydrogen) atoms. The molecule has 0 spiro atoms. The molecule has 0 aromatic carbocycles. The molecular formula is C15H19ClN4OSn. The molecule has 0 fully saturated rings. The molecule has 0 unspecified atom stereocenters. The summed E-state index contributed by atoms with van der Waals surface area (Å²) < 4.78 is 0. The predicted molar refractivity (Wildman–Crippen MR) is 87.0 cm³/mol. The summed E-state index contributed by atoms with van der Waals surface area (Å²) in [7, 11) is 0. The van der Waals surface area contributed by atoms with E-state index in [4.69, 9.17) is 0 Å². The molecule has 0 amide bonds. The molecule has 0 aliphatic heterocycles. The standard InChI is InChI=1S/C11H10N4O.2C2H5.ClH.Sn/c16-11(10-5-1-2-6-13-10)15-14-8-9-4-3-7-12-9;2*1-2;;/h1-8,12H,(H,15,16);2*1H2,2H3;1H;/q;2*-1;;+4/p-2/b14-8+;;;;. The van der Waals surface area contributed by atoms with Gasteiger partial charge in [0.1, 0.15) is 0 Å². The van der Waals surface area contributed by atoms with Crippen LogP contribution < -0.4 is 17.5 Å². The van der Waals surface area contributed by atoms with Crippen LogP contribution in [0, 0.1) is 13.8 Å². The Kier molecular flexibility index (Phi) is 20.6. The van der Waals surface area contributed by atoms with E-state index in [1.54, 1.807) is 38.2 Å².